The highest BCUT2D eigenvalue weighted by atomic mass is 19.2. The number of hydrogen-bond donors (Lipinski definition) is 1. The summed E-state index contributed by atoms with van der Waals surface area (Å²) in [7, 11) is 0. The van der Waals surface area contributed by atoms with Gasteiger partial charge in [-0.05, 0) is 61.5 Å². The number of aromatic nitrogens is 5. The third-order valence-corrected chi connectivity index (χ3v) is 4.85. The van der Waals surface area contributed by atoms with Crippen molar-refractivity contribution in [1.29, 1.82) is 0 Å². The van der Waals surface area contributed by atoms with Gasteiger partial charge in [-0.3, -0.25) is 4.98 Å². The van der Waals surface area contributed by atoms with Crippen LogP contribution in [-0.2, 0) is 0 Å². The van der Waals surface area contributed by atoms with Crippen molar-refractivity contribution in [2.24, 2.45) is 0 Å². The molecular weight excluding hydrogens is 442 g/mol. The largest absolute Gasteiger partial charge is 0.423 e. The van der Waals surface area contributed by atoms with E-state index < -0.39 is 17.6 Å². The Kier molecular flexibility index (Phi) is 5.38. The molecule has 8 nitrogen and oxygen atoms in total. The summed E-state index contributed by atoms with van der Waals surface area (Å²) in [5.41, 5.74) is 2.12. The lowest BCUT2D eigenvalue weighted by molar-refractivity contribution is 0.0734. The number of fused-ring (bicyclic) bond motifs is 1. The first-order valence-corrected chi connectivity index (χ1v) is 10.2. The third kappa shape index (κ3) is 4.29. The number of carbonyl (C=O) groups is 1. The zero-order chi connectivity index (χ0) is 23.7. The Morgan fingerprint density at radius 1 is 1.00 bits per heavy atom. The van der Waals surface area contributed by atoms with E-state index >= 15 is 0 Å². The molecule has 0 bridgehead atoms. The van der Waals surface area contributed by atoms with Crippen LogP contribution in [0.25, 0.3) is 17.2 Å². The smallest absolute Gasteiger partial charge is 0.343 e. The monoisotopic (exact) mass is 458 g/mol. The number of anilines is 2. The number of nitrogens with one attached hydrogen (secondary N) is 1. The lowest BCUT2D eigenvalue weighted by Crippen LogP contribution is -2.09. The van der Waals surface area contributed by atoms with Crippen LogP contribution in [0.2, 0.25) is 0 Å². The summed E-state index contributed by atoms with van der Waals surface area (Å²) in [6.07, 6.45) is 3.35. The van der Waals surface area contributed by atoms with E-state index in [1.807, 2.05) is 19.1 Å². The van der Waals surface area contributed by atoms with Crippen molar-refractivity contribution in [1.82, 2.24) is 24.6 Å². The Labute approximate surface area is 191 Å². The molecule has 0 aliphatic rings. The zero-order valence-electron chi connectivity index (χ0n) is 17.7. The van der Waals surface area contributed by atoms with Crippen molar-refractivity contribution in [2.75, 3.05) is 5.32 Å². The van der Waals surface area contributed by atoms with E-state index in [1.54, 1.807) is 47.2 Å². The van der Waals surface area contributed by atoms with E-state index in [1.165, 1.54) is 0 Å². The summed E-state index contributed by atoms with van der Waals surface area (Å²) in [6, 6.07) is 14.9. The minimum Gasteiger partial charge on any atom is -0.423 e. The highest BCUT2D eigenvalue weighted by Gasteiger charge is 2.14. The number of benzene rings is 2. The lowest BCUT2D eigenvalue weighted by Gasteiger charge is -2.10. The van der Waals surface area contributed by atoms with Crippen molar-refractivity contribution < 1.29 is 18.3 Å². The molecule has 0 saturated heterocycles. The molecular formula is C24H16F2N6O2. The van der Waals surface area contributed by atoms with Gasteiger partial charge >= 0.3 is 5.97 Å². The Morgan fingerprint density at radius 2 is 1.82 bits per heavy atom. The second-order valence-corrected chi connectivity index (χ2v) is 7.34. The number of esters is 1. The summed E-state index contributed by atoms with van der Waals surface area (Å²) in [5.74, 6) is -1.14. The lowest BCUT2D eigenvalue weighted by atomic mass is 10.2. The van der Waals surface area contributed by atoms with Gasteiger partial charge in [-0.1, -0.05) is 0 Å². The van der Waals surface area contributed by atoms with Crippen LogP contribution in [0.3, 0.4) is 0 Å². The topological polar surface area (TPSA) is 94.3 Å². The van der Waals surface area contributed by atoms with E-state index in [2.05, 4.69) is 25.4 Å². The number of halogens is 2. The molecule has 2 aromatic carbocycles. The highest BCUT2D eigenvalue weighted by molar-refractivity contribution is 5.91. The van der Waals surface area contributed by atoms with Crippen LogP contribution in [0.4, 0.5) is 20.3 Å². The molecule has 3 heterocycles. The Hall–Kier alpha value is -4.73. The predicted molar refractivity (Wildman–Crippen MR) is 120 cm³/mol. The fourth-order valence-electron chi connectivity index (χ4n) is 3.24. The van der Waals surface area contributed by atoms with Crippen LogP contribution in [0.15, 0.2) is 73.1 Å². The van der Waals surface area contributed by atoms with Crippen molar-refractivity contribution in [3.8, 4) is 17.1 Å². The first-order chi connectivity index (χ1) is 16.5. The number of carbonyl (C=O) groups excluding carboxylic acids is 1. The Morgan fingerprint density at radius 3 is 2.56 bits per heavy atom. The first-order valence-electron chi connectivity index (χ1n) is 10.2. The fourth-order valence-corrected chi connectivity index (χ4v) is 3.24. The zero-order valence-corrected chi connectivity index (χ0v) is 17.7. The van der Waals surface area contributed by atoms with E-state index in [-0.39, 0.29) is 11.3 Å². The molecule has 0 aliphatic carbocycles. The van der Waals surface area contributed by atoms with Crippen LogP contribution in [-0.4, -0.2) is 30.5 Å². The Balaban J connectivity index is 1.36. The molecule has 0 amide bonds. The summed E-state index contributed by atoms with van der Waals surface area (Å²) >= 11 is 0. The molecule has 0 aliphatic heterocycles. The summed E-state index contributed by atoms with van der Waals surface area (Å²) in [5, 5.41) is 7.79. The van der Waals surface area contributed by atoms with Crippen molar-refractivity contribution >= 4 is 23.3 Å². The van der Waals surface area contributed by atoms with Gasteiger partial charge in [0.25, 0.3) is 5.78 Å². The number of hydrogen-bond acceptors (Lipinski definition) is 7. The second-order valence-electron chi connectivity index (χ2n) is 7.34. The van der Waals surface area contributed by atoms with Gasteiger partial charge in [-0.2, -0.15) is 9.50 Å². The van der Waals surface area contributed by atoms with E-state index in [0.717, 1.165) is 29.5 Å². The minimum absolute atomic E-state index is 0.0913. The number of rotatable bonds is 5. The molecule has 0 atom stereocenters. The first kappa shape index (κ1) is 21.1. The van der Waals surface area contributed by atoms with Gasteiger partial charge in [0, 0.05) is 35.4 Å². The fraction of sp³-hybridized carbons (Fsp3) is 0.0417. The van der Waals surface area contributed by atoms with E-state index in [0.29, 0.717) is 23.1 Å². The van der Waals surface area contributed by atoms with Crippen molar-refractivity contribution in [2.45, 2.75) is 6.92 Å². The molecule has 168 valence electrons. The molecule has 3 aromatic heterocycles. The van der Waals surface area contributed by atoms with Crippen LogP contribution in [0, 0.1) is 18.6 Å². The van der Waals surface area contributed by atoms with Crippen LogP contribution >= 0.6 is 0 Å². The van der Waals surface area contributed by atoms with Gasteiger partial charge in [0.2, 0.25) is 0 Å². The Bertz CT molecular complexity index is 1500. The van der Waals surface area contributed by atoms with Gasteiger partial charge in [0.15, 0.2) is 17.5 Å². The average molecular weight is 458 g/mol. The number of nitrogens with zero attached hydrogens (tertiary/aromatic N) is 5. The van der Waals surface area contributed by atoms with E-state index in [9.17, 15) is 13.6 Å². The van der Waals surface area contributed by atoms with Crippen molar-refractivity contribution in [3.05, 3.63) is 95.9 Å². The predicted octanol–water partition coefficient (Wildman–Crippen LogP) is 4.74. The molecule has 0 radical (unpaired) electrons. The summed E-state index contributed by atoms with van der Waals surface area (Å²) in [6.45, 7) is 1.85. The van der Waals surface area contributed by atoms with Crippen molar-refractivity contribution in [3.63, 3.8) is 0 Å². The molecule has 0 saturated carbocycles. The van der Waals surface area contributed by atoms with Crippen LogP contribution < -0.4 is 10.1 Å². The van der Waals surface area contributed by atoms with Gasteiger partial charge in [-0.25, -0.2) is 18.6 Å². The molecule has 0 fully saturated rings. The average Bonchev–Trinajstić information content (AvgIpc) is 3.27. The molecule has 10 heteroatoms. The third-order valence-electron chi connectivity index (χ3n) is 4.85. The molecule has 5 rings (SSSR count). The van der Waals surface area contributed by atoms with Gasteiger partial charge < -0.3 is 10.1 Å². The molecule has 34 heavy (non-hydrogen) atoms. The van der Waals surface area contributed by atoms with Gasteiger partial charge in [-0.15, -0.1) is 5.10 Å². The second kappa shape index (κ2) is 8.66. The maximum Gasteiger partial charge on any atom is 0.343 e. The quantitative estimate of drug-likeness (QED) is 0.300. The SMILES string of the molecule is Cc1cc(Nc2ccc(OC(=O)c3ccc(F)c(F)c3)cc2)n2nc(-c3cccnc3)nc2n1. The summed E-state index contributed by atoms with van der Waals surface area (Å²) < 4.78 is 33.3. The maximum absolute atomic E-state index is 13.4. The van der Waals surface area contributed by atoms with Crippen LogP contribution in [0.5, 0.6) is 5.75 Å². The number of ether oxygens (including phenoxy) is 1. The van der Waals surface area contributed by atoms with Gasteiger partial charge in [0.05, 0.1) is 5.56 Å². The van der Waals surface area contributed by atoms with Crippen LogP contribution in [0.1, 0.15) is 16.1 Å². The molecule has 0 spiro atoms. The maximum atomic E-state index is 13.4. The highest BCUT2D eigenvalue weighted by Crippen LogP contribution is 2.23. The number of pyridine rings is 1. The van der Waals surface area contributed by atoms with Gasteiger partial charge in [0.1, 0.15) is 11.6 Å². The van der Waals surface area contributed by atoms with E-state index in [4.69, 9.17) is 4.74 Å². The molecule has 5 aromatic rings. The molecule has 1 N–H and O–H groups in total. The normalized spacial score (nSPS) is 10.9. The minimum atomic E-state index is -1.12. The number of aryl methyl sites for hydroxylation is 1. The molecule has 0 unspecified atom stereocenters. The summed E-state index contributed by atoms with van der Waals surface area (Å²) in [4.78, 5) is 25.2. The standard InChI is InChI=1S/C24H16F2N6O2/c1-14-11-21(32-24(28-14)30-22(31-32)16-3-2-10-27-13-16)29-17-5-7-18(8-6-17)34-23(33)15-4-9-19(25)20(26)12-15/h2-13,29H,1H3.